The van der Waals surface area contributed by atoms with E-state index >= 15 is 0 Å². The Labute approximate surface area is 156 Å². The topological polar surface area (TPSA) is 67.4 Å². The fraction of sp³-hybridized carbons (Fsp3) is 0.200. The molecular formula is C20H20N2O3S. The van der Waals surface area contributed by atoms with Crippen molar-refractivity contribution in [1.82, 2.24) is 5.32 Å². The number of rotatable bonds is 5. The second-order valence-electron chi connectivity index (χ2n) is 5.97. The fourth-order valence-electron chi connectivity index (χ4n) is 2.73. The van der Waals surface area contributed by atoms with Crippen molar-refractivity contribution in [3.8, 4) is 0 Å². The third kappa shape index (κ3) is 4.03. The first-order valence-electron chi connectivity index (χ1n) is 8.24. The fourth-order valence-corrected chi connectivity index (χ4v) is 3.60. The van der Waals surface area contributed by atoms with E-state index in [-0.39, 0.29) is 18.5 Å². The van der Waals surface area contributed by atoms with Crippen LogP contribution in [0.25, 0.3) is 10.1 Å². The highest BCUT2D eigenvalue weighted by Crippen LogP contribution is 2.28. The van der Waals surface area contributed by atoms with Crippen molar-refractivity contribution in [2.75, 3.05) is 19.0 Å². The third-order valence-corrected chi connectivity index (χ3v) is 5.12. The number of urea groups is 1. The summed E-state index contributed by atoms with van der Waals surface area (Å²) in [6.07, 6.45) is 0. The number of methoxy groups -OCH3 is 1. The molecule has 0 bridgehead atoms. The van der Waals surface area contributed by atoms with Gasteiger partial charge in [0, 0.05) is 6.54 Å². The summed E-state index contributed by atoms with van der Waals surface area (Å²) in [6, 6.07) is 15.0. The van der Waals surface area contributed by atoms with Crippen molar-refractivity contribution in [3.63, 3.8) is 0 Å². The van der Waals surface area contributed by atoms with Crippen molar-refractivity contribution in [2.24, 2.45) is 0 Å². The van der Waals surface area contributed by atoms with Crippen LogP contribution in [0.5, 0.6) is 0 Å². The largest absolute Gasteiger partial charge is 0.468 e. The average molecular weight is 368 g/mol. The second-order valence-corrected chi connectivity index (χ2v) is 6.88. The minimum Gasteiger partial charge on any atom is -0.468 e. The number of hydrogen-bond donors (Lipinski definition) is 2. The Morgan fingerprint density at radius 1 is 1.12 bits per heavy atom. The number of nitrogens with one attached hydrogen (secondary N) is 2. The summed E-state index contributed by atoms with van der Waals surface area (Å²) in [5, 5.41) is 8.69. The quantitative estimate of drug-likeness (QED) is 0.660. The van der Waals surface area contributed by atoms with Gasteiger partial charge in [0.05, 0.1) is 23.4 Å². The molecule has 0 aliphatic heterocycles. The molecule has 134 valence electrons. The first-order chi connectivity index (χ1) is 12.6. The number of thiophene rings is 1. The summed E-state index contributed by atoms with van der Waals surface area (Å²) in [5.41, 5.74) is 2.66. The van der Waals surface area contributed by atoms with E-state index in [0.29, 0.717) is 0 Å². The molecule has 6 heteroatoms. The molecule has 5 nitrogen and oxygen atoms in total. The van der Waals surface area contributed by atoms with Gasteiger partial charge in [-0.05, 0) is 35.4 Å². The van der Waals surface area contributed by atoms with Crippen LogP contribution in [0.1, 0.15) is 17.0 Å². The molecule has 0 radical (unpaired) electrons. The molecule has 0 fully saturated rings. The normalized spacial score (nSPS) is 11.8. The summed E-state index contributed by atoms with van der Waals surface area (Å²) >= 11 is 1.57. The van der Waals surface area contributed by atoms with Crippen molar-refractivity contribution in [2.45, 2.75) is 12.8 Å². The minimum absolute atomic E-state index is 0.155. The SMILES string of the molecule is COC(=O)C(CNC(=O)Nc1cccc2ccsc12)c1ccc(C)cc1. The number of amides is 2. The molecule has 1 heterocycles. The van der Waals surface area contributed by atoms with Crippen LogP contribution in [-0.2, 0) is 9.53 Å². The predicted molar refractivity (Wildman–Crippen MR) is 105 cm³/mol. The Morgan fingerprint density at radius 3 is 2.62 bits per heavy atom. The molecule has 0 aliphatic rings. The minimum atomic E-state index is -0.552. The van der Waals surface area contributed by atoms with Gasteiger partial charge in [0.1, 0.15) is 0 Å². The van der Waals surface area contributed by atoms with Crippen LogP contribution in [0.15, 0.2) is 53.9 Å². The molecule has 0 saturated carbocycles. The first-order valence-corrected chi connectivity index (χ1v) is 9.12. The van der Waals surface area contributed by atoms with Gasteiger partial charge < -0.3 is 15.4 Å². The van der Waals surface area contributed by atoms with Crippen LogP contribution in [0.4, 0.5) is 10.5 Å². The number of ether oxygens (including phenoxy) is 1. The monoisotopic (exact) mass is 368 g/mol. The maximum atomic E-state index is 12.3. The molecule has 0 spiro atoms. The van der Waals surface area contributed by atoms with E-state index < -0.39 is 5.92 Å². The summed E-state index contributed by atoms with van der Waals surface area (Å²) in [5.74, 6) is -0.932. The highest BCUT2D eigenvalue weighted by atomic mass is 32.1. The van der Waals surface area contributed by atoms with Crippen LogP contribution in [0.3, 0.4) is 0 Å². The van der Waals surface area contributed by atoms with E-state index in [0.717, 1.165) is 26.9 Å². The van der Waals surface area contributed by atoms with Gasteiger partial charge in [-0.1, -0.05) is 42.0 Å². The highest BCUT2D eigenvalue weighted by molar-refractivity contribution is 7.17. The summed E-state index contributed by atoms with van der Waals surface area (Å²) in [6.45, 7) is 2.13. The Kier molecular flexibility index (Phi) is 5.53. The van der Waals surface area contributed by atoms with Crippen LogP contribution in [-0.4, -0.2) is 25.7 Å². The van der Waals surface area contributed by atoms with Gasteiger partial charge in [-0.3, -0.25) is 4.79 Å². The number of esters is 1. The highest BCUT2D eigenvalue weighted by Gasteiger charge is 2.22. The number of aryl methyl sites for hydroxylation is 1. The van der Waals surface area contributed by atoms with E-state index in [1.54, 1.807) is 11.3 Å². The Bertz CT molecular complexity index is 918. The third-order valence-electron chi connectivity index (χ3n) is 4.16. The first kappa shape index (κ1) is 17.9. The van der Waals surface area contributed by atoms with Crippen LogP contribution in [0, 0.1) is 6.92 Å². The zero-order valence-electron chi connectivity index (χ0n) is 14.6. The van der Waals surface area contributed by atoms with E-state index in [1.807, 2.05) is 60.8 Å². The van der Waals surface area contributed by atoms with Crippen LogP contribution >= 0.6 is 11.3 Å². The number of benzene rings is 2. The smallest absolute Gasteiger partial charge is 0.319 e. The molecule has 26 heavy (non-hydrogen) atoms. The molecule has 3 aromatic rings. The van der Waals surface area contributed by atoms with Gasteiger partial charge in [0.15, 0.2) is 0 Å². The molecule has 2 amide bonds. The standard InChI is InChI=1S/C20H20N2O3S/c1-13-6-8-14(9-7-13)16(19(23)25-2)12-21-20(24)22-17-5-3-4-15-10-11-26-18(15)17/h3-11,16H,12H2,1-2H3,(H2,21,22,24). The molecule has 1 aromatic heterocycles. The average Bonchev–Trinajstić information content (AvgIpc) is 3.13. The zero-order valence-corrected chi connectivity index (χ0v) is 15.4. The van der Waals surface area contributed by atoms with Crippen molar-refractivity contribution in [1.29, 1.82) is 0 Å². The molecule has 2 aromatic carbocycles. The maximum absolute atomic E-state index is 12.3. The lowest BCUT2D eigenvalue weighted by Crippen LogP contribution is -2.35. The number of carbonyl (C=O) groups is 2. The summed E-state index contributed by atoms with van der Waals surface area (Å²) in [4.78, 5) is 24.4. The van der Waals surface area contributed by atoms with Crippen molar-refractivity contribution >= 4 is 39.1 Å². The Morgan fingerprint density at radius 2 is 1.88 bits per heavy atom. The van der Waals surface area contributed by atoms with E-state index in [9.17, 15) is 9.59 Å². The molecular weight excluding hydrogens is 348 g/mol. The van der Waals surface area contributed by atoms with Crippen molar-refractivity contribution < 1.29 is 14.3 Å². The molecule has 3 rings (SSSR count). The molecule has 1 unspecified atom stereocenters. The number of fused-ring (bicyclic) bond motifs is 1. The summed E-state index contributed by atoms with van der Waals surface area (Å²) < 4.78 is 5.91. The van der Waals surface area contributed by atoms with Crippen LogP contribution in [0.2, 0.25) is 0 Å². The second kappa shape index (κ2) is 8.01. The number of hydrogen-bond acceptors (Lipinski definition) is 4. The zero-order chi connectivity index (χ0) is 18.5. The predicted octanol–water partition coefficient (Wildman–Crippen LogP) is 4.29. The Hall–Kier alpha value is -2.86. The maximum Gasteiger partial charge on any atom is 0.319 e. The van der Waals surface area contributed by atoms with Gasteiger partial charge in [-0.25, -0.2) is 4.79 Å². The number of anilines is 1. The van der Waals surface area contributed by atoms with Crippen molar-refractivity contribution in [3.05, 3.63) is 65.0 Å². The van der Waals surface area contributed by atoms with Crippen LogP contribution < -0.4 is 10.6 Å². The molecule has 2 N–H and O–H groups in total. The van der Waals surface area contributed by atoms with Gasteiger partial charge >= 0.3 is 12.0 Å². The van der Waals surface area contributed by atoms with Gasteiger partial charge in [-0.15, -0.1) is 11.3 Å². The summed E-state index contributed by atoms with van der Waals surface area (Å²) in [7, 11) is 1.35. The molecule has 0 saturated heterocycles. The van der Waals surface area contributed by atoms with E-state index in [4.69, 9.17) is 4.74 Å². The lowest BCUT2D eigenvalue weighted by atomic mass is 9.98. The molecule has 1 atom stereocenters. The van der Waals surface area contributed by atoms with Gasteiger partial charge in [0.2, 0.25) is 0 Å². The molecule has 0 aliphatic carbocycles. The van der Waals surface area contributed by atoms with E-state index in [1.165, 1.54) is 7.11 Å². The van der Waals surface area contributed by atoms with Gasteiger partial charge in [-0.2, -0.15) is 0 Å². The number of carbonyl (C=O) groups excluding carboxylic acids is 2. The lowest BCUT2D eigenvalue weighted by Gasteiger charge is -2.16. The van der Waals surface area contributed by atoms with E-state index in [2.05, 4.69) is 10.6 Å². The van der Waals surface area contributed by atoms with Gasteiger partial charge in [0.25, 0.3) is 0 Å². The Balaban J connectivity index is 1.68. The lowest BCUT2D eigenvalue weighted by molar-refractivity contribution is -0.142.